The van der Waals surface area contributed by atoms with Gasteiger partial charge in [-0.15, -0.1) is 0 Å². The van der Waals surface area contributed by atoms with E-state index in [9.17, 15) is 23.3 Å². The highest BCUT2D eigenvalue weighted by Gasteiger charge is 2.36. The lowest BCUT2D eigenvalue weighted by Gasteiger charge is -2.11. The Balaban J connectivity index is 2.65. The SMILES string of the molecule is NC1CCc2c1cc(C(F)(F)F)cc2[N+](=O)[O-]. The molecule has 1 unspecified atom stereocenters. The molecule has 17 heavy (non-hydrogen) atoms. The summed E-state index contributed by atoms with van der Waals surface area (Å²) in [6, 6.07) is 0.947. The van der Waals surface area contributed by atoms with Gasteiger partial charge in [0, 0.05) is 17.7 Å². The van der Waals surface area contributed by atoms with Gasteiger partial charge in [-0.2, -0.15) is 13.2 Å². The summed E-state index contributed by atoms with van der Waals surface area (Å²) >= 11 is 0. The minimum atomic E-state index is -4.60. The van der Waals surface area contributed by atoms with Gasteiger partial charge in [0.25, 0.3) is 5.69 Å². The van der Waals surface area contributed by atoms with Gasteiger partial charge in [-0.3, -0.25) is 10.1 Å². The van der Waals surface area contributed by atoms with Crippen molar-refractivity contribution >= 4 is 5.69 Å². The van der Waals surface area contributed by atoms with Crippen LogP contribution in [0.4, 0.5) is 18.9 Å². The summed E-state index contributed by atoms with van der Waals surface area (Å²) in [5.41, 5.74) is 4.71. The lowest BCUT2D eigenvalue weighted by molar-refractivity contribution is -0.385. The maximum atomic E-state index is 12.6. The fraction of sp³-hybridized carbons (Fsp3) is 0.400. The number of nitrogens with zero attached hydrogens (tertiary/aromatic N) is 1. The van der Waals surface area contributed by atoms with E-state index in [0.717, 1.165) is 6.07 Å². The Morgan fingerprint density at radius 3 is 2.59 bits per heavy atom. The molecule has 2 rings (SSSR count). The molecule has 1 aliphatic rings. The molecule has 2 N–H and O–H groups in total. The predicted molar refractivity (Wildman–Crippen MR) is 53.3 cm³/mol. The van der Waals surface area contributed by atoms with Crippen LogP contribution in [0.3, 0.4) is 0 Å². The van der Waals surface area contributed by atoms with Gasteiger partial charge in [-0.05, 0) is 24.5 Å². The smallest absolute Gasteiger partial charge is 0.324 e. The van der Waals surface area contributed by atoms with Crippen LogP contribution < -0.4 is 5.73 Å². The van der Waals surface area contributed by atoms with E-state index in [-0.39, 0.29) is 5.56 Å². The molecule has 0 amide bonds. The van der Waals surface area contributed by atoms with Gasteiger partial charge < -0.3 is 5.73 Å². The molecule has 92 valence electrons. The Morgan fingerprint density at radius 1 is 1.41 bits per heavy atom. The number of nitro benzene ring substituents is 1. The molecule has 7 heteroatoms. The quantitative estimate of drug-likeness (QED) is 0.611. The van der Waals surface area contributed by atoms with Crippen molar-refractivity contribution in [1.29, 1.82) is 0 Å². The molecule has 1 aromatic carbocycles. The highest BCUT2D eigenvalue weighted by Crippen LogP contribution is 2.40. The zero-order valence-electron chi connectivity index (χ0n) is 8.62. The molecule has 0 saturated heterocycles. The van der Waals surface area contributed by atoms with Gasteiger partial charge in [0.05, 0.1) is 10.5 Å². The van der Waals surface area contributed by atoms with Crippen LogP contribution in [0.5, 0.6) is 0 Å². The minimum Gasteiger partial charge on any atom is -0.324 e. The Bertz CT molecular complexity index is 485. The predicted octanol–water partition coefficient (Wildman–Crippen LogP) is 2.56. The molecule has 0 fully saturated rings. The standard InChI is InChI=1S/C10H9F3N2O2/c11-10(12,13)5-3-7-6(1-2-8(7)14)9(4-5)15(16)17/h3-4,8H,1-2,14H2. The first kappa shape index (κ1) is 11.8. The summed E-state index contributed by atoms with van der Waals surface area (Å²) in [5.74, 6) is 0. The lowest BCUT2D eigenvalue weighted by atomic mass is 10.0. The van der Waals surface area contributed by atoms with Crippen LogP contribution in [-0.2, 0) is 12.6 Å². The Kier molecular flexibility index (Phi) is 2.57. The van der Waals surface area contributed by atoms with Crippen molar-refractivity contribution < 1.29 is 18.1 Å². The maximum Gasteiger partial charge on any atom is 0.416 e. The Hall–Kier alpha value is -1.63. The summed E-state index contributed by atoms with van der Waals surface area (Å²) in [6.07, 6.45) is -3.80. The van der Waals surface area contributed by atoms with Crippen LogP contribution in [0.1, 0.15) is 29.2 Å². The largest absolute Gasteiger partial charge is 0.416 e. The van der Waals surface area contributed by atoms with Crippen molar-refractivity contribution in [1.82, 2.24) is 0 Å². The zero-order chi connectivity index (χ0) is 12.8. The first-order valence-electron chi connectivity index (χ1n) is 4.94. The number of benzene rings is 1. The van der Waals surface area contributed by atoms with E-state index in [1.807, 2.05) is 0 Å². The average Bonchev–Trinajstić information content (AvgIpc) is 2.58. The highest BCUT2D eigenvalue weighted by atomic mass is 19.4. The first-order chi connectivity index (χ1) is 7.80. The highest BCUT2D eigenvalue weighted by molar-refractivity contribution is 5.52. The van der Waals surface area contributed by atoms with Crippen molar-refractivity contribution in [2.45, 2.75) is 25.1 Å². The maximum absolute atomic E-state index is 12.6. The third kappa shape index (κ3) is 1.97. The molecule has 1 aromatic rings. The molecular formula is C10H9F3N2O2. The number of halogens is 3. The third-order valence-electron chi connectivity index (χ3n) is 2.89. The molecule has 0 aromatic heterocycles. The molecule has 0 spiro atoms. The normalized spacial score (nSPS) is 19.2. The second kappa shape index (κ2) is 3.69. The van der Waals surface area contributed by atoms with E-state index in [1.54, 1.807) is 0 Å². The number of fused-ring (bicyclic) bond motifs is 1. The Labute approximate surface area is 94.4 Å². The molecular weight excluding hydrogens is 237 g/mol. The van der Waals surface area contributed by atoms with E-state index in [0.29, 0.717) is 24.5 Å². The van der Waals surface area contributed by atoms with Crippen LogP contribution in [0.25, 0.3) is 0 Å². The van der Waals surface area contributed by atoms with Crippen molar-refractivity contribution in [2.75, 3.05) is 0 Å². The molecule has 0 bridgehead atoms. The van der Waals surface area contributed by atoms with Crippen molar-refractivity contribution in [3.05, 3.63) is 38.9 Å². The van der Waals surface area contributed by atoms with Crippen molar-refractivity contribution in [2.24, 2.45) is 5.73 Å². The van der Waals surface area contributed by atoms with Gasteiger partial charge in [-0.1, -0.05) is 0 Å². The summed E-state index contributed by atoms with van der Waals surface area (Å²) < 4.78 is 37.7. The molecule has 1 atom stereocenters. The number of rotatable bonds is 1. The minimum absolute atomic E-state index is 0.242. The van der Waals surface area contributed by atoms with E-state index in [4.69, 9.17) is 5.73 Å². The van der Waals surface area contributed by atoms with Gasteiger partial charge >= 0.3 is 6.18 Å². The molecule has 4 nitrogen and oxygen atoms in total. The molecule has 0 saturated carbocycles. The first-order valence-corrected chi connectivity index (χ1v) is 4.94. The summed E-state index contributed by atoms with van der Waals surface area (Å²) in [6.45, 7) is 0. The van der Waals surface area contributed by atoms with Crippen molar-refractivity contribution in [3.8, 4) is 0 Å². The lowest BCUT2D eigenvalue weighted by Crippen LogP contribution is -2.11. The van der Waals surface area contributed by atoms with E-state index < -0.39 is 28.4 Å². The molecule has 0 radical (unpaired) electrons. The number of hydrogen-bond acceptors (Lipinski definition) is 3. The fourth-order valence-electron chi connectivity index (χ4n) is 2.06. The van der Waals surface area contributed by atoms with Gasteiger partial charge in [0.2, 0.25) is 0 Å². The number of hydrogen-bond donors (Lipinski definition) is 1. The van der Waals surface area contributed by atoms with Crippen LogP contribution in [0.15, 0.2) is 12.1 Å². The average molecular weight is 246 g/mol. The zero-order valence-corrected chi connectivity index (χ0v) is 8.62. The van der Waals surface area contributed by atoms with E-state index >= 15 is 0 Å². The van der Waals surface area contributed by atoms with Gasteiger partial charge in [0.15, 0.2) is 0 Å². The monoisotopic (exact) mass is 246 g/mol. The van der Waals surface area contributed by atoms with E-state index in [2.05, 4.69) is 0 Å². The number of nitro groups is 1. The number of alkyl halides is 3. The van der Waals surface area contributed by atoms with Crippen LogP contribution in [0.2, 0.25) is 0 Å². The van der Waals surface area contributed by atoms with Crippen LogP contribution in [0, 0.1) is 10.1 Å². The molecule has 0 aliphatic heterocycles. The molecule has 0 heterocycles. The fourth-order valence-corrected chi connectivity index (χ4v) is 2.06. The van der Waals surface area contributed by atoms with Crippen molar-refractivity contribution in [3.63, 3.8) is 0 Å². The second-order valence-corrected chi connectivity index (χ2v) is 3.96. The van der Waals surface area contributed by atoms with E-state index in [1.165, 1.54) is 0 Å². The van der Waals surface area contributed by atoms with Gasteiger partial charge in [-0.25, -0.2) is 0 Å². The topological polar surface area (TPSA) is 69.2 Å². The second-order valence-electron chi connectivity index (χ2n) is 3.96. The molecule has 1 aliphatic carbocycles. The van der Waals surface area contributed by atoms with Crippen LogP contribution in [-0.4, -0.2) is 4.92 Å². The summed E-state index contributed by atoms with van der Waals surface area (Å²) in [5, 5.41) is 10.7. The van der Waals surface area contributed by atoms with Crippen LogP contribution >= 0.6 is 0 Å². The third-order valence-corrected chi connectivity index (χ3v) is 2.89. The summed E-state index contributed by atoms with van der Waals surface area (Å²) in [4.78, 5) is 9.96. The summed E-state index contributed by atoms with van der Waals surface area (Å²) in [7, 11) is 0. The number of nitrogens with two attached hydrogens (primary N) is 1. The Morgan fingerprint density at radius 2 is 2.06 bits per heavy atom. The van der Waals surface area contributed by atoms with Gasteiger partial charge in [0.1, 0.15) is 0 Å².